The minimum Gasteiger partial charge on any atom is -0.469 e. The Morgan fingerprint density at radius 2 is 1.75 bits per heavy atom. The van der Waals surface area contributed by atoms with Gasteiger partial charge in [0.25, 0.3) is 0 Å². The van der Waals surface area contributed by atoms with Gasteiger partial charge in [0.2, 0.25) is 0 Å². The van der Waals surface area contributed by atoms with Crippen molar-refractivity contribution < 1.29 is 33.7 Å². The highest BCUT2D eigenvalue weighted by Gasteiger charge is 2.65. The van der Waals surface area contributed by atoms with Crippen LogP contribution in [0.5, 0.6) is 0 Å². The lowest BCUT2D eigenvalue weighted by molar-refractivity contribution is -0.188. The summed E-state index contributed by atoms with van der Waals surface area (Å²) in [5.74, 6) is 0.960. The molecule has 36 heavy (non-hydrogen) atoms. The number of ether oxygens (including phenoxy) is 3. The molecule has 0 aromatic carbocycles. The predicted octanol–water partition coefficient (Wildman–Crippen LogP) is 4.46. The van der Waals surface area contributed by atoms with Gasteiger partial charge >= 0.3 is 17.9 Å². The zero-order valence-corrected chi connectivity index (χ0v) is 22.5. The van der Waals surface area contributed by atoms with E-state index >= 15 is 0 Å². The summed E-state index contributed by atoms with van der Waals surface area (Å²) in [6, 6.07) is 0. The van der Waals surface area contributed by atoms with E-state index in [9.17, 15) is 19.5 Å². The van der Waals surface area contributed by atoms with Crippen molar-refractivity contribution in [2.24, 2.45) is 46.3 Å². The number of hydrogen-bond donors (Lipinski definition) is 1. The maximum absolute atomic E-state index is 12.3. The second kappa shape index (κ2) is 10.5. The molecule has 4 rings (SSSR count). The highest BCUT2D eigenvalue weighted by atomic mass is 16.5. The number of carbonyl (C=O) groups is 3. The van der Waals surface area contributed by atoms with E-state index in [1.165, 1.54) is 21.0 Å². The molecule has 0 bridgehead atoms. The summed E-state index contributed by atoms with van der Waals surface area (Å²) >= 11 is 0. The molecule has 0 radical (unpaired) electrons. The van der Waals surface area contributed by atoms with E-state index in [-0.39, 0.29) is 59.4 Å². The van der Waals surface area contributed by atoms with Crippen molar-refractivity contribution in [3.05, 3.63) is 12.2 Å². The molecule has 0 unspecified atom stereocenters. The van der Waals surface area contributed by atoms with E-state index in [4.69, 9.17) is 14.2 Å². The largest absolute Gasteiger partial charge is 0.469 e. The van der Waals surface area contributed by atoms with E-state index < -0.39 is 0 Å². The van der Waals surface area contributed by atoms with Crippen LogP contribution in [0.2, 0.25) is 0 Å². The van der Waals surface area contributed by atoms with Gasteiger partial charge in [-0.2, -0.15) is 0 Å². The van der Waals surface area contributed by atoms with Gasteiger partial charge in [-0.05, 0) is 80.5 Å². The van der Waals surface area contributed by atoms with Gasteiger partial charge in [-0.15, -0.1) is 0 Å². The highest BCUT2D eigenvalue weighted by molar-refractivity contribution is 5.69. The van der Waals surface area contributed by atoms with Crippen molar-refractivity contribution in [1.29, 1.82) is 0 Å². The van der Waals surface area contributed by atoms with Crippen molar-refractivity contribution in [2.45, 2.75) is 91.3 Å². The molecule has 4 aliphatic carbocycles. The number of methoxy groups -OCH3 is 1. The molecule has 0 saturated heterocycles. The quantitative estimate of drug-likeness (QED) is 0.310. The molecule has 4 aliphatic rings. The lowest BCUT2D eigenvalue weighted by Crippen LogP contribution is -2.60. The average Bonchev–Trinajstić information content (AvgIpc) is 3.20. The Bertz CT molecular complexity index is 883. The molecule has 3 fully saturated rings. The molecule has 0 amide bonds. The van der Waals surface area contributed by atoms with Crippen molar-refractivity contribution in [3.63, 3.8) is 0 Å². The lowest BCUT2D eigenvalue weighted by atomic mass is 9.45. The third kappa shape index (κ3) is 4.61. The molecular weight excluding hydrogens is 460 g/mol. The Morgan fingerprint density at radius 3 is 2.39 bits per heavy atom. The van der Waals surface area contributed by atoms with Crippen LogP contribution in [0.3, 0.4) is 0 Å². The summed E-state index contributed by atoms with van der Waals surface area (Å²) < 4.78 is 16.6. The zero-order valence-electron chi connectivity index (χ0n) is 22.5. The number of rotatable bonds is 7. The standard InChI is InChI=1S/C29H44O7/c1-17(6-11-27(33)34-5)23-9-10-24-22-8-7-20-14-21(35-18(2)31)12-13-29(20,16-30)25(22)15-26(28(23,24)4)36-19(3)32/h7-8,17,20-26,30H,6,9-16H2,1-5H3/t17-,20-,21-,22+,23-,24+,25+,26+,28-,29-/m1/s1. The number of esters is 3. The van der Waals surface area contributed by atoms with Gasteiger partial charge in [0, 0.05) is 37.7 Å². The number of allylic oxidation sites excluding steroid dienone is 2. The molecule has 7 nitrogen and oxygen atoms in total. The Labute approximate surface area is 215 Å². The minimum atomic E-state index is -0.287. The van der Waals surface area contributed by atoms with Crippen molar-refractivity contribution in [1.82, 2.24) is 0 Å². The van der Waals surface area contributed by atoms with E-state index in [0.29, 0.717) is 30.1 Å². The zero-order chi connectivity index (χ0) is 26.3. The van der Waals surface area contributed by atoms with Crippen LogP contribution in [-0.2, 0) is 28.6 Å². The van der Waals surface area contributed by atoms with Crippen LogP contribution in [0.15, 0.2) is 12.2 Å². The summed E-state index contributed by atoms with van der Waals surface area (Å²) in [6.07, 6.45) is 10.6. The summed E-state index contributed by atoms with van der Waals surface area (Å²) in [7, 11) is 1.43. The lowest BCUT2D eigenvalue weighted by Gasteiger charge is -2.61. The fourth-order valence-electron chi connectivity index (χ4n) is 8.97. The number of carbonyl (C=O) groups excluding carboxylic acids is 3. The first kappa shape index (κ1) is 27.2. The van der Waals surface area contributed by atoms with Crippen LogP contribution in [-0.4, -0.2) is 48.9 Å². The fraction of sp³-hybridized carbons (Fsp3) is 0.828. The Hall–Kier alpha value is -1.89. The minimum absolute atomic E-state index is 0.0884. The Morgan fingerprint density at radius 1 is 1.03 bits per heavy atom. The third-order valence-corrected chi connectivity index (χ3v) is 10.6. The summed E-state index contributed by atoms with van der Waals surface area (Å²) in [4.78, 5) is 35.7. The molecular formula is C29H44O7. The van der Waals surface area contributed by atoms with Crippen LogP contribution in [0, 0.1) is 46.3 Å². The van der Waals surface area contributed by atoms with Crippen molar-refractivity contribution in [2.75, 3.05) is 13.7 Å². The normalized spacial score (nSPS) is 41.9. The van der Waals surface area contributed by atoms with Gasteiger partial charge in [0.05, 0.1) is 7.11 Å². The van der Waals surface area contributed by atoms with Crippen LogP contribution in [0.25, 0.3) is 0 Å². The van der Waals surface area contributed by atoms with Crippen molar-refractivity contribution in [3.8, 4) is 0 Å². The highest BCUT2D eigenvalue weighted by Crippen LogP contribution is 2.67. The molecule has 10 atom stereocenters. The Kier molecular flexibility index (Phi) is 7.89. The molecule has 0 aromatic rings. The second-order valence-electron chi connectivity index (χ2n) is 12.2. The summed E-state index contributed by atoms with van der Waals surface area (Å²) in [5.41, 5.74) is -0.477. The second-order valence-corrected chi connectivity index (χ2v) is 12.2. The summed E-state index contributed by atoms with van der Waals surface area (Å²) in [6.45, 7) is 7.55. The molecule has 1 N–H and O–H groups in total. The number of aliphatic hydroxyl groups is 1. The maximum atomic E-state index is 12.3. The Balaban J connectivity index is 1.64. The topological polar surface area (TPSA) is 99.1 Å². The van der Waals surface area contributed by atoms with E-state index in [0.717, 1.165) is 44.9 Å². The monoisotopic (exact) mass is 504 g/mol. The summed E-state index contributed by atoms with van der Waals surface area (Å²) in [5, 5.41) is 10.8. The first-order valence-corrected chi connectivity index (χ1v) is 13.8. The molecule has 0 aliphatic heterocycles. The predicted molar refractivity (Wildman–Crippen MR) is 133 cm³/mol. The van der Waals surface area contributed by atoms with Crippen LogP contribution in [0.1, 0.15) is 79.1 Å². The van der Waals surface area contributed by atoms with Gasteiger partial charge in [0.15, 0.2) is 0 Å². The average molecular weight is 505 g/mol. The molecule has 0 heterocycles. The van der Waals surface area contributed by atoms with Gasteiger partial charge < -0.3 is 19.3 Å². The van der Waals surface area contributed by atoms with Crippen LogP contribution >= 0.6 is 0 Å². The molecule has 202 valence electrons. The van der Waals surface area contributed by atoms with Crippen LogP contribution in [0.4, 0.5) is 0 Å². The number of hydrogen-bond acceptors (Lipinski definition) is 7. The van der Waals surface area contributed by atoms with E-state index in [1.54, 1.807) is 0 Å². The fourth-order valence-corrected chi connectivity index (χ4v) is 8.97. The SMILES string of the molecule is COC(=O)CC[C@@H](C)[C@H]1CC[C@H]2[C@@H]3C=C[C@@H]4C[C@H](OC(C)=O)CC[C@]4(CO)[C@H]3C[C@H](OC(C)=O)[C@]12C. The first-order chi connectivity index (χ1) is 17.1. The van der Waals surface area contributed by atoms with E-state index in [2.05, 4.69) is 26.0 Å². The number of fused-ring (bicyclic) bond motifs is 5. The smallest absolute Gasteiger partial charge is 0.305 e. The first-order valence-electron chi connectivity index (χ1n) is 13.8. The van der Waals surface area contributed by atoms with Gasteiger partial charge in [-0.3, -0.25) is 14.4 Å². The van der Waals surface area contributed by atoms with Crippen LogP contribution < -0.4 is 0 Å². The van der Waals surface area contributed by atoms with Gasteiger partial charge in [0.1, 0.15) is 12.2 Å². The molecule has 7 heteroatoms. The van der Waals surface area contributed by atoms with E-state index in [1.807, 2.05) is 0 Å². The molecule has 3 saturated carbocycles. The van der Waals surface area contributed by atoms with Crippen molar-refractivity contribution >= 4 is 17.9 Å². The van der Waals surface area contributed by atoms with Gasteiger partial charge in [-0.25, -0.2) is 0 Å². The van der Waals surface area contributed by atoms with Gasteiger partial charge in [-0.1, -0.05) is 26.0 Å². The maximum Gasteiger partial charge on any atom is 0.305 e. The molecule has 0 spiro atoms. The molecule has 0 aromatic heterocycles. The third-order valence-electron chi connectivity index (χ3n) is 10.6. The number of aliphatic hydroxyl groups excluding tert-OH is 1.